The summed E-state index contributed by atoms with van der Waals surface area (Å²) in [5, 5.41) is 4.35. The van der Waals surface area contributed by atoms with E-state index >= 15 is 0 Å². The fourth-order valence-corrected chi connectivity index (χ4v) is 2.78. The van der Waals surface area contributed by atoms with Crippen molar-refractivity contribution in [2.24, 2.45) is 12.8 Å². The molecule has 0 saturated heterocycles. The number of hydrogen-bond acceptors (Lipinski definition) is 3. The third-order valence-corrected chi connectivity index (χ3v) is 4.62. The first-order valence-corrected chi connectivity index (χ1v) is 7.84. The summed E-state index contributed by atoms with van der Waals surface area (Å²) in [6.45, 7) is 4.34. The molecule has 0 fully saturated rings. The smallest absolute Gasteiger partial charge is 0.131 e. The predicted molar refractivity (Wildman–Crippen MR) is 86.7 cm³/mol. The molecule has 0 unspecified atom stereocenters. The Labute approximate surface area is 135 Å². The fraction of sp³-hybridized carbons (Fsp3) is 0.357. The summed E-state index contributed by atoms with van der Waals surface area (Å²) in [6.07, 6.45) is 0. The number of aryl methyl sites for hydroxylation is 2. The second kappa shape index (κ2) is 6.28. The first-order valence-electron chi connectivity index (χ1n) is 6.26. The van der Waals surface area contributed by atoms with Crippen molar-refractivity contribution in [1.82, 2.24) is 9.78 Å². The molecule has 1 heterocycles. The molecule has 0 aliphatic rings. The van der Waals surface area contributed by atoms with Crippen molar-refractivity contribution < 1.29 is 4.74 Å². The van der Waals surface area contributed by atoms with Crippen LogP contribution in [0.25, 0.3) is 0 Å². The highest BCUT2D eigenvalue weighted by atomic mass is 79.9. The molecule has 0 radical (unpaired) electrons. The highest BCUT2D eigenvalue weighted by molar-refractivity contribution is 9.10. The van der Waals surface area contributed by atoms with E-state index in [0.717, 1.165) is 31.6 Å². The van der Waals surface area contributed by atoms with E-state index < -0.39 is 0 Å². The second-order valence-corrected chi connectivity index (χ2v) is 6.44. The summed E-state index contributed by atoms with van der Waals surface area (Å²) in [6, 6.07) is 5.81. The van der Waals surface area contributed by atoms with E-state index in [4.69, 9.17) is 10.5 Å². The van der Waals surface area contributed by atoms with Crippen LogP contribution < -0.4 is 10.5 Å². The number of halogens is 2. The molecule has 0 spiro atoms. The topological polar surface area (TPSA) is 53.1 Å². The SMILES string of the molecule is Cc1nn(C)c(COc2cc(Br)ccc2[C@@H](C)N)c1Br. The second-order valence-electron chi connectivity index (χ2n) is 4.73. The van der Waals surface area contributed by atoms with Gasteiger partial charge in [0.15, 0.2) is 0 Å². The monoisotopic (exact) mass is 401 g/mol. The van der Waals surface area contributed by atoms with Crippen LogP contribution >= 0.6 is 31.9 Å². The Kier molecular flexibility index (Phi) is 4.88. The molecule has 2 N–H and O–H groups in total. The van der Waals surface area contributed by atoms with Crippen molar-refractivity contribution in [3.05, 3.63) is 44.1 Å². The standard InChI is InChI=1S/C14H17Br2N3O/c1-8(17)11-5-4-10(15)6-13(11)20-7-12-14(16)9(2)18-19(12)3/h4-6,8H,7,17H2,1-3H3/t8-/m1/s1. The van der Waals surface area contributed by atoms with Crippen molar-refractivity contribution in [3.63, 3.8) is 0 Å². The summed E-state index contributed by atoms with van der Waals surface area (Å²) < 4.78 is 9.72. The van der Waals surface area contributed by atoms with Crippen LogP contribution in [0.1, 0.15) is 29.9 Å². The van der Waals surface area contributed by atoms with Gasteiger partial charge in [-0.25, -0.2) is 0 Å². The van der Waals surface area contributed by atoms with E-state index in [0.29, 0.717) is 6.61 Å². The average molecular weight is 403 g/mol. The molecule has 6 heteroatoms. The number of rotatable bonds is 4. The number of aromatic nitrogens is 2. The van der Waals surface area contributed by atoms with Crippen molar-refractivity contribution in [1.29, 1.82) is 0 Å². The fourth-order valence-electron chi connectivity index (χ4n) is 1.99. The van der Waals surface area contributed by atoms with Gasteiger partial charge in [0.05, 0.1) is 15.9 Å². The number of hydrogen-bond donors (Lipinski definition) is 1. The highest BCUT2D eigenvalue weighted by Crippen LogP contribution is 2.29. The molecule has 1 aromatic heterocycles. The Morgan fingerprint density at radius 3 is 2.65 bits per heavy atom. The summed E-state index contributed by atoms with van der Waals surface area (Å²) in [7, 11) is 1.91. The molecular weight excluding hydrogens is 386 g/mol. The van der Waals surface area contributed by atoms with Crippen molar-refractivity contribution in [2.45, 2.75) is 26.5 Å². The Morgan fingerprint density at radius 1 is 1.40 bits per heavy atom. The molecule has 0 saturated carbocycles. The van der Waals surface area contributed by atoms with Gasteiger partial charge in [-0.2, -0.15) is 5.10 Å². The van der Waals surface area contributed by atoms with Crippen LogP contribution in [-0.2, 0) is 13.7 Å². The van der Waals surface area contributed by atoms with E-state index in [1.165, 1.54) is 0 Å². The number of ether oxygens (including phenoxy) is 1. The minimum atomic E-state index is -0.0742. The first kappa shape index (κ1) is 15.5. The summed E-state index contributed by atoms with van der Waals surface area (Å²) in [5.74, 6) is 0.792. The lowest BCUT2D eigenvalue weighted by Crippen LogP contribution is -2.09. The van der Waals surface area contributed by atoms with Crippen LogP contribution in [0, 0.1) is 6.92 Å². The number of benzene rings is 1. The van der Waals surface area contributed by atoms with Gasteiger partial charge in [-0.1, -0.05) is 22.0 Å². The van der Waals surface area contributed by atoms with Gasteiger partial charge in [0.2, 0.25) is 0 Å². The van der Waals surface area contributed by atoms with Gasteiger partial charge in [-0.05, 0) is 41.9 Å². The molecule has 1 atom stereocenters. The first-order chi connectivity index (χ1) is 9.40. The Bertz CT molecular complexity index is 623. The van der Waals surface area contributed by atoms with E-state index in [-0.39, 0.29) is 6.04 Å². The Balaban J connectivity index is 2.24. The molecule has 0 aliphatic carbocycles. The molecule has 2 aromatic rings. The van der Waals surface area contributed by atoms with E-state index in [9.17, 15) is 0 Å². The van der Waals surface area contributed by atoms with Crippen molar-refractivity contribution >= 4 is 31.9 Å². The summed E-state index contributed by atoms with van der Waals surface area (Å²) in [5.41, 5.74) is 8.91. The molecule has 20 heavy (non-hydrogen) atoms. The zero-order valence-corrected chi connectivity index (χ0v) is 14.8. The summed E-state index contributed by atoms with van der Waals surface area (Å²) >= 11 is 7.00. The van der Waals surface area contributed by atoms with Gasteiger partial charge in [-0.15, -0.1) is 0 Å². The van der Waals surface area contributed by atoms with Crippen LogP contribution in [0.3, 0.4) is 0 Å². The van der Waals surface area contributed by atoms with Gasteiger partial charge in [0.1, 0.15) is 12.4 Å². The third-order valence-electron chi connectivity index (χ3n) is 3.09. The molecule has 108 valence electrons. The maximum Gasteiger partial charge on any atom is 0.131 e. The molecule has 4 nitrogen and oxygen atoms in total. The zero-order valence-electron chi connectivity index (χ0n) is 11.7. The van der Waals surface area contributed by atoms with Crippen LogP contribution in [0.4, 0.5) is 0 Å². The number of nitrogens with two attached hydrogens (primary N) is 1. The maximum absolute atomic E-state index is 5.98. The predicted octanol–water partition coefficient (Wildman–Crippen LogP) is 3.85. The van der Waals surface area contributed by atoms with Crippen molar-refractivity contribution in [2.75, 3.05) is 0 Å². The molecule has 0 bridgehead atoms. The minimum Gasteiger partial charge on any atom is -0.487 e. The number of nitrogens with zero attached hydrogens (tertiary/aromatic N) is 2. The molecular formula is C14H17Br2N3O. The van der Waals surface area contributed by atoms with Gasteiger partial charge in [0.25, 0.3) is 0 Å². The maximum atomic E-state index is 5.98. The van der Waals surface area contributed by atoms with Gasteiger partial charge in [-0.3, -0.25) is 4.68 Å². The lowest BCUT2D eigenvalue weighted by atomic mass is 10.1. The average Bonchev–Trinajstić information content (AvgIpc) is 2.61. The van der Waals surface area contributed by atoms with Crippen LogP contribution in [0.5, 0.6) is 5.75 Å². The lowest BCUT2D eigenvalue weighted by Gasteiger charge is -2.14. The van der Waals surface area contributed by atoms with Gasteiger partial charge < -0.3 is 10.5 Å². The third kappa shape index (κ3) is 3.24. The summed E-state index contributed by atoms with van der Waals surface area (Å²) in [4.78, 5) is 0. The van der Waals surface area contributed by atoms with Crippen LogP contribution in [0.15, 0.2) is 27.1 Å². The molecule has 0 amide bonds. The van der Waals surface area contributed by atoms with E-state index in [1.807, 2.05) is 43.8 Å². The minimum absolute atomic E-state index is 0.0742. The Hall–Kier alpha value is -0.850. The normalized spacial score (nSPS) is 12.5. The zero-order chi connectivity index (χ0) is 14.9. The van der Waals surface area contributed by atoms with E-state index in [2.05, 4.69) is 37.0 Å². The Morgan fingerprint density at radius 2 is 2.10 bits per heavy atom. The van der Waals surface area contributed by atoms with Crippen molar-refractivity contribution in [3.8, 4) is 5.75 Å². The highest BCUT2D eigenvalue weighted by Gasteiger charge is 2.13. The quantitative estimate of drug-likeness (QED) is 0.844. The van der Waals surface area contributed by atoms with Crippen LogP contribution in [0.2, 0.25) is 0 Å². The van der Waals surface area contributed by atoms with E-state index in [1.54, 1.807) is 0 Å². The van der Waals surface area contributed by atoms with Gasteiger partial charge in [0, 0.05) is 23.1 Å². The van der Waals surface area contributed by atoms with Crippen LogP contribution in [-0.4, -0.2) is 9.78 Å². The molecule has 0 aliphatic heterocycles. The van der Waals surface area contributed by atoms with Gasteiger partial charge >= 0.3 is 0 Å². The largest absolute Gasteiger partial charge is 0.487 e. The molecule has 2 rings (SSSR count). The molecule has 1 aromatic carbocycles. The lowest BCUT2D eigenvalue weighted by molar-refractivity contribution is 0.289.